The van der Waals surface area contributed by atoms with Crippen LogP contribution < -0.4 is 0 Å². The molecule has 0 bridgehead atoms. The average molecular weight is 297 g/mol. The Labute approximate surface area is 96.7 Å². The Kier molecular flexibility index (Phi) is 4.28. The molecule has 3 nitrogen and oxygen atoms in total. The van der Waals surface area contributed by atoms with Crippen molar-refractivity contribution in [3.05, 3.63) is 20.8 Å². The molecule has 1 N–H and O–H groups in total. The number of halogens is 1. The van der Waals surface area contributed by atoms with Crippen molar-refractivity contribution in [3.63, 3.8) is 0 Å². The topological polar surface area (TPSA) is 54.4 Å². The SMILES string of the molecule is CC(C(=O)O)S(=O)Cc1ccc(Br)s1. The monoisotopic (exact) mass is 296 g/mol. The summed E-state index contributed by atoms with van der Waals surface area (Å²) < 4.78 is 12.5. The van der Waals surface area contributed by atoms with Gasteiger partial charge in [0.25, 0.3) is 0 Å². The van der Waals surface area contributed by atoms with E-state index < -0.39 is 22.0 Å². The molecule has 0 saturated heterocycles. The molecule has 0 radical (unpaired) electrons. The summed E-state index contributed by atoms with van der Waals surface area (Å²) in [5, 5.41) is 7.83. The molecule has 1 aromatic heterocycles. The van der Waals surface area contributed by atoms with Crippen molar-refractivity contribution in [2.24, 2.45) is 0 Å². The summed E-state index contributed by atoms with van der Waals surface area (Å²) in [6, 6.07) is 3.71. The standard InChI is InChI=1S/C8H9BrO3S2/c1-5(8(10)11)14(12)4-6-2-3-7(9)13-6/h2-3,5H,4H2,1H3,(H,10,11). The van der Waals surface area contributed by atoms with Crippen molar-refractivity contribution in [1.82, 2.24) is 0 Å². The lowest BCUT2D eigenvalue weighted by Gasteiger charge is -2.04. The van der Waals surface area contributed by atoms with Gasteiger partial charge in [0.1, 0.15) is 5.25 Å². The van der Waals surface area contributed by atoms with Crippen LogP contribution in [0.1, 0.15) is 11.8 Å². The van der Waals surface area contributed by atoms with E-state index in [2.05, 4.69) is 15.9 Å². The second kappa shape index (κ2) is 5.04. The van der Waals surface area contributed by atoms with E-state index >= 15 is 0 Å². The fourth-order valence-electron chi connectivity index (χ4n) is 0.807. The lowest BCUT2D eigenvalue weighted by molar-refractivity contribution is -0.136. The van der Waals surface area contributed by atoms with Crippen molar-refractivity contribution in [2.45, 2.75) is 17.9 Å². The Morgan fingerprint density at radius 3 is 2.79 bits per heavy atom. The smallest absolute Gasteiger partial charge is 0.318 e. The van der Waals surface area contributed by atoms with Gasteiger partial charge < -0.3 is 5.11 Å². The highest BCUT2D eigenvalue weighted by molar-refractivity contribution is 9.11. The minimum Gasteiger partial charge on any atom is -0.480 e. The van der Waals surface area contributed by atoms with Crippen molar-refractivity contribution in [2.75, 3.05) is 0 Å². The number of aliphatic carboxylic acids is 1. The number of carbonyl (C=O) groups is 1. The first-order valence-corrected chi connectivity index (χ1v) is 6.84. The van der Waals surface area contributed by atoms with Gasteiger partial charge in [0, 0.05) is 15.7 Å². The maximum atomic E-state index is 11.5. The molecular weight excluding hydrogens is 288 g/mol. The van der Waals surface area contributed by atoms with Gasteiger partial charge in [0.15, 0.2) is 0 Å². The highest BCUT2D eigenvalue weighted by Gasteiger charge is 2.19. The zero-order valence-corrected chi connectivity index (χ0v) is 10.6. The maximum absolute atomic E-state index is 11.5. The minimum atomic E-state index is -1.34. The third-order valence-corrected chi connectivity index (χ3v) is 5.05. The van der Waals surface area contributed by atoms with Gasteiger partial charge in [-0.1, -0.05) is 0 Å². The van der Waals surface area contributed by atoms with Crippen molar-refractivity contribution in [1.29, 1.82) is 0 Å². The van der Waals surface area contributed by atoms with Crippen LogP contribution in [0.4, 0.5) is 0 Å². The molecule has 2 unspecified atom stereocenters. The lowest BCUT2D eigenvalue weighted by Crippen LogP contribution is -2.22. The maximum Gasteiger partial charge on any atom is 0.318 e. The average Bonchev–Trinajstić information content (AvgIpc) is 2.49. The Hall–Kier alpha value is -0.200. The molecular formula is C8H9BrO3S2. The predicted octanol–water partition coefficient (Wildman–Crippen LogP) is 2.23. The van der Waals surface area contributed by atoms with E-state index in [1.807, 2.05) is 12.1 Å². The van der Waals surface area contributed by atoms with Gasteiger partial charge in [-0.05, 0) is 35.0 Å². The molecule has 0 aliphatic rings. The molecule has 2 atom stereocenters. The zero-order valence-electron chi connectivity index (χ0n) is 7.40. The first kappa shape index (κ1) is 11.9. The fourth-order valence-corrected chi connectivity index (χ4v) is 3.52. The van der Waals surface area contributed by atoms with Crippen LogP contribution in [0.5, 0.6) is 0 Å². The second-order valence-electron chi connectivity index (χ2n) is 2.71. The van der Waals surface area contributed by atoms with E-state index in [9.17, 15) is 9.00 Å². The summed E-state index contributed by atoms with van der Waals surface area (Å²) in [7, 11) is -1.34. The molecule has 14 heavy (non-hydrogen) atoms. The van der Waals surface area contributed by atoms with Crippen molar-refractivity contribution in [3.8, 4) is 0 Å². The third kappa shape index (κ3) is 3.18. The van der Waals surface area contributed by atoms with Crippen LogP contribution >= 0.6 is 27.3 Å². The molecule has 78 valence electrons. The lowest BCUT2D eigenvalue weighted by atomic mass is 10.5. The first-order chi connectivity index (χ1) is 6.50. The number of hydrogen-bond donors (Lipinski definition) is 1. The molecule has 0 aliphatic heterocycles. The van der Waals surface area contributed by atoms with Crippen LogP contribution in [-0.2, 0) is 21.3 Å². The highest BCUT2D eigenvalue weighted by Crippen LogP contribution is 2.23. The van der Waals surface area contributed by atoms with Gasteiger partial charge in [0.2, 0.25) is 0 Å². The molecule has 1 heterocycles. The van der Waals surface area contributed by atoms with Gasteiger partial charge >= 0.3 is 5.97 Å². The molecule has 6 heteroatoms. The largest absolute Gasteiger partial charge is 0.480 e. The quantitative estimate of drug-likeness (QED) is 0.927. The Bertz CT molecular complexity index is 361. The number of carboxylic acids is 1. The molecule has 0 fully saturated rings. The Morgan fingerprint density at radius 1 is 1.71 bits per heavy atom. The van der Waals surface area contributed by atoms with Gasteiger partial charge in [-0.2, -0.15) is 0 Å². The summed E-state index contributed by atoms with van der Waals surface area (Å²) in [5.41, 5.74) is 0. The van der Waals surface area contributed by atoms with Gasteiger partial charge in [-0.15, -0.1) is 11.3 Å². The van der Waals surface area contributed by atoms with Crippen LogP contribution in [0, 0.1) is 0 Å². The van der Waals surface area contributed by atoms with Crippen LogP contribution in [0.15, 0.2) is 15.9 Å². The number of rotatable bonds is 4. The summed E-state index contributed by atoms with van der Waals surface area (Å²) in [5.74, 6) is -0.706. The molecule has 0 amide bonds. The van der Waals surface area contributed by atoms with Crippen LogP contribution in [0.3, 0.4) is 0 Å². The molecule has 0 spiro atoms. The van der Waals surface area contributed by atoms with E-state index in [1.165, 1.54) is 18.3 Å². The van der Waals surface area contributed by atoms with Crippen molar-refractivity contribution >= 4 is 44.0 Å². The fraction of sp³-hybridized carbons (Fsp3) is 0.375. The van der Waals surface area contributed by atoms with E-state index in [0.29, 0.717) is 5.75 Å². The van der Waals surface area contributed by atoms with E-state index in [-0.39, 0.29) is 0 Å². The van der Waals surface area contributed by atoms with Gasteiger partial charge in [0.05, 0.1) is 9.54 Å². The van der Waals surface area contributed by atoms with E-state index in [1.54, 1.807) is 0 Å². The Balaban J connectivity index is 2.61. The molecule has 1 aromatic rings. The second-order valence-corrected chi connectivity index (χ2v) is 7.02. The van der Waals surface area contributed by atoms with E-state index in [0.717, 1.165) is 8.66 Å². The summed E-state index contributed by atoms with van der Waals surface area (Å²) in [6.07, 6.45) is 0. The minimum absolute atomic E-state index is 0.309. The van der Waals surface area contributed by atoms with Crippen LogP contribution in [0.25, 0.3) is 0 Å². The number of carboxylic acid groups (broad SMARTS) is 1. The normalized spacial score (nSPS) is 15.0. The van der Waals surface area contributed by atoms with Gasteiger partial charge in [-0.25, -0.2) is 0 Å². The molecule has 0 aliphatic carbocycles. The first-order valence-electron chi connectivity index (χ1n) is 3.85. The number of thiophene rings is 1. The summed E-state index contributed by atoms with van der Waals surface area (Å²) >= 11 is 4.77. The number of hydrogen-bond acceptors (Lipinski definition) is 3. The molecule has 0 saturated carbocycles. The van der Waals surface area contributed by atoms with Crippen molar-refractivity contribution < 1.29 is 14.1 Å². The highest BCUT2D eigenvalue weighted by atomic mass is 79.9. The van der Waals surface area contributed by atoms with Gasteiger partial charge in [-0.3, -0.25) is 9.00 Å². The third-order valence-electron chi connectivity index (χ3n) is 1.66. The summed E-state index contributed by atoms with van der Waals surface area (Å²) in [4.78, 5) is 11.5. The Morgan fingerprint density at radius 2 is 2.36 bits per heavy atom. The van der Waals surface area contributed by atoms with Crippen LogP contribution in [0.2, 0.25) is 0 Å². The molecule has 0 aromatic carbocycles. The van der Waals surface area contributed by atoms with E-state index in [4.69, 9.17) is 5.11 Å². The van der Waals surface area contributed by atoms with Crippen LogP contribution in [-0.4, -0.2) is 20.5 Å². The predicted molar refractivity (Wildman–Crippen MR) is 61.0 cm³/mol. The summed E-state index contributed by atoms with van der Waals surface area (Å²) in [6.45, 7) is 1.46. The molecule has 1 rings (SSSR count). The zero-order chi connectivity index (χ0) is 10.7.